The maximum absolute atomic E-state index is 12.6. The Bertz CT molecular complexity index is 957. The van der Waals surface area contributed by atoms with E-state index in [2.05, 4.69) is 11.9 Å². The highest BCUT2D eigenvalue weighted by Gasteiger charge is 2.29. The topological polar surface area (TPSA) is 113 Å². The number of aliphatic carboxylic acids is 1. The number of carbonyl (C=O) groups is 1. The molecule has 160 valence electrons. The lowest BCUT2D eigenvalue weighted by Gasteiger charge is -2.21. The molecule has 1 aromatic heterocycles. The molecule has 8 nitrogen and oxygen atoms in total. The van der Waals surface area contributed by atoms with Crippen molar-refractivity contribution in [1.82, 2.24) is 13.9 Å². The van der Waals surface area contributed by atoms with E-state index >= 15 is 0 Å². The lowest BCUT2D eigenvalue weighted by atomic mass is 10.2. The molecule has 0 saturated heterocycles. The number of aliphatic hydroxyl groups is 1. The average molecular weight is 444 g/mol. The van der Waals surface area contributed by atoms with Gasteiger partial charge >= 0.3 is 5.97 Å². The molecule has 0 radical (unpaired) electrons. The van der Waals surface area contributed by atoms with E-state index in [1.54, 1.807) is 12.1 Å². The second-order valence-corrected chi connectivity index (χ2v) is 9.15. The van der Waals surface area contributed by atoms with Gasteiger partial charge in [0.05, 0.1) is 17.2 Å². The Morgan fingerprint density at radius 3 is 2.45 bits per heavy atom. The Morgan fingerprint density at radius 1 is 1.31 bits per heavy atom. The van der Waals surface area contributed by atoms with Crippen LogP contribution in [0, 0.1) is 0 Å². The van der Waals surface area contributed by atoms with E-state index in [4.69, 9.17) is 16.7 Å². The lowest BCUT2D eigenvalue weighted by Crippen LogP contribution is -2.40. The van der Waals surface area contributed by atoms with Crippen LogP contribution in [0.3, 0.4) is 0 Å². The molecule has 0 bridgehead atoms. The van der Waals surface area contributed by atoms with Gasteiger partial charge in [-0.25, -0.2) is 13.4 Å². The summed E-state index contributed by atoms with van der Waals surface area (Å²) < 4.78 is 27.9. The molecule has 1 unspecified atom stereocenters. The molecule has 10 heteroatoms. The van der Waals surface area contributed by atoms with Gasteiger partial charge in [0.1, 0.15) is 11.9 Å². The number of unbranched alkanes of at least 4 members (excludes halogenated alkanes) is 1. The molecule has 2 aromatic rings. The summed E-state index contributed by atoms with van der Waals surface area (Å²) in [6, 6.07) is 5.02. The van der Waals surface area contributed by atoms with Crippen molar-refractivity contribution >= 4 is 27.6 Å². The zero-order valence-corrected chi connectivity index (χ0v) is 18.2. The number of nitrogens with zero attached hydrogens (tertiary/aromatic N) is 3. The molecule has 0 spiro atoms. The minimum absolute atomic E-state index is 0.00843. The summed E-state index contributed by atoms with van der Waals surface area (Å²) in [4.78, 5) is 15.4. The Morgan fingerprint density at radius 2 is 1.93 bits per heavy atom. The van der Waals surface area contributed by atoms with Crippen LogP contribution in [-0.4, -0.2) is 51.5 Å². The summed E-state index contributed by atoms with van der Waals surface area (Å²) in [5.74, 6) is -0.451. The standard InChI is InChI=1S/C19H26ClN3O5S/c1-4-5-6-17-21-18(20)16(12-24)23(17)11-14-7-9-15(10-8-14)29(27,28)22(3)13(2)19(25)26/h7-10,13,24H,4-6,11-12H2,1-3H3,(H,25,26). The van der Waals surface area contributed by atoms with Crippen LogP contribution < -0.4 is 0 Å². The molecule has 2 rings (SSSR count). The summed E-state index contributed by atoms with van der Waals surface area (Å²) >= 11 is 6.15. The molecule has 0 aliphatic rings. The fraction of sp³-hybridized carbons (Fsp3) is 0.474. The first-order chi connectivity index (χ1) is 13.6. The van der Waals surface area contributed by atoms with Crippen molar-refractivity contribution in [1.29, 1.82) is 0 Å². The van der Waals surface area contributed by atoms with Crippen LogP contribution in [0.1, 0.15) is 43.8 Å². The van der Waals surface area contributed by atoms with Gasteiger partial charge in [-0.15, -0.1) is 0 Å². The Kier molecular flexibility index (Phi) is 7.81. The Balaban J connectivity index is 2.29. The number of carboxylic acids is 1. The SMILES string of the molecule is CCCCc1nc(Cl)c(CO)n1Cc1ccc(S(=O)(=O)N(C)C(C)C(=O)O)cc1. The molecule has 0 amide bonds. The first-order valence-electron chi connectivity index (χ1n) is 9.27. The third-order valence-electron chi connectivity index (χ3n) is 4.85. The van der Waals surface area contributed by atoms with E-state index in [0.29, 0.717) is 12.2 Å². The van der Waals surface area contributed by atoms with Gasteiger partial charge in [-0.3, -0.25) is 4.79 Å². The van der Waals surface area contributed by atoms with Gasteiger partial charge in [0.15, 0.2) is 5.15 Å². The summed E-state index contributed by atoms with van der Waals surface area (Å²) in [7, 11) is -2.69. The number of halogens is 1. The number of hydrogen-bond acceptors (Lipinski definition) is 5. The second-order valence-electron chi connectivity index (χ2n) is 6.79. The van der Waals surface area contributed by atoms with Crippen molar-refractivity contribution in [2.45, 2.75) is 57.2 Å². The van der Waals surface area contributed by atoms with E-state index in [1.807, 2.05) is 4.57 Å². The van der Waals surface area contributed by atoms with Crippen LogP contribution in [0.2, 0.25) is 5.15 Å². The van der Waals surface area contributed by atoms with E-state index < -0.39 is 22.0 Å². The van der Waals surface area contributed by atoms with E-state index in [9.17, 15) is 18.3 Å². The first kappa shape index (κ1) is 23.3. The van der Waals surface area contributed by atoms with Gasteiger partial charge in [-0.1, -0.05) is 37.1 Å². The van der Waals surface area contributed by atoms with E-state index in [1.165, 1.54) is 26.1 Å². The predicted molar refractivity (Wildman–Crippen MR) is 109 cm³/mol. The molecular formula is C19H26ClN3O5S. The van der Waals surface area contributed by atoms with Gasteiger partial charge in [-0.05, 0) is 31.0 Å². The van der Waals surface area contributed by atoms with Crippen molar-refractivity contribution in [3.05, 3.63) is 46.5 Å². The summed E-state index contributed by atoms with van der Waals surface area (Å²) in [5, 5.41) is 19.0. The monoisotopic (exact) mass is 443 g/mol. The molecule has 1 heterocycles. The van der Waals surface area contributed by atoms with Crippen LogP contribution in [0.5, 0.6) is 0 Å². The quantitative estimate of drug-likeness (QED) is 0.583. The van der Waals surface area contributed by atoms with Crippen LogP contribution in [0.25, 0.3) is 0 Å². The lowest BCUT2D eigenvalue weighted by molar-refractivity contribution is -0.140. The van der Waals surface area contributed by atoms with Crippen LogP contribution >= 0.6 is 11.6 Å². The zero-order valence-electron chi connectivity index (χ0n) is 16.7. The number of rotatable bonds is 10. The number of hydrogen-bond donors (Lipinski definition) is 2. The molecule has 29 heavy (non-hydrogen) atoms. The van der Waals surface area contributed by atoms with Gasteiger partial charge in [0.25, 0.3) is 0 Å². The predicted octanol–water partition coefficient (Wildman–Crippen LogP) is 2.51. The minimum Gasteiger partial charge on any atom is -0.480 e. The third-order valence-corrected chi connectivity index (χ3v) is 7.10. The molecule has 2 N–H and O–H groups in total. The van der Waals surface area contributed by atoms with E-state index in [-0.39, 0.29) is 16.7 Å². The van der Waals surface area contributed by atoms with Gasteiger partial charge in [0, 0.05) is 20.0 Å². The van der Waals surface area contributed by atoms with Crippen molar-refractivity contribution in [2.75, 3.05) is 7.05 Å². The highest BCUT2D eigenvalue weighted by molar-refractivity contribution is 7.89. The summed E-state index contributed by atoms with van der Waals surface area (Å²) in [5.41, 5.74) is 1.32. The number of carboxylic acid groups (broad SMARTS) is 1. The highest BCUT2D eigenvalue weighted by Crippen LogP contribution is 2.22. The normalized spacial score (nSPS) is 13.0. The minimum atomic E-state index is -3.93. The maximum atomic E-state index is 12.6. The molecule has 0 saturated carbocycles. The smallest absolute Gasteiger partial charge is 0.321 e. The fourth-order valence-electron chi connectivity index (χ4n) is 2.85. The van der Waals surface area contributed by atoms with E-state index in [0.717, 1.165) is 35.0 Å². The number of aliphatic hydroxyl groups excluding tert-OH is 1. The first-order valence-corrected chi connectivity index (χ1v) is 11.1. The molecule has 0 aliphatic heterocycles. The molecular weight excluding hydrogens is 418 g/mol. The third kappa shape index (κ3) is 5.16. The number of imidazole rings is 1. The molecule has 0 aliphatic carbocycles. The van der Waals surface area contributed by atoms with Crippen LogP contribution in [0.4, 0.5) is 0 Å². The zero-order chi connectivity index (χ0) is 21.8. The number of sulfonamides is 1. The highest BCUT2D eigenvalue weighted by atomic mass is 35.5. The van der Waals surface area contributed by atoms with Gasteiger partial charge < -0.3 is 14.8 Å². The van der Waals surface area contributed by atoms with Crippen LogP contribution in [-0.2, 0) is 34.4 Å². The molecule has 1 atom stereocenters. The molecule has 0 fully saturated rings. The number of aromatic nitrogens is 2. The van der Waals surface area contributed by atoms with Gasteiger partial charge in [0.2, 0.25) is 10.0 Å². The van der Waals surface area contributed by atoms with Crippen molar-refractivity contribution in [2.24, 2.45) is 0 Å². The van der Waals surface area contributed by atoms with Gasteiger partial charge in [-0.2, -0.15) is 4.31 Å². The summed E-state index contributed by atoms with van der Waals surface area (Å²) in [6.45, 7) is 3.52. The number of aryl methyl sites for hydroxylation is 1. The second kappa shape index (κ2) is 9.71. The average Bonchev–Trinajstić information content (AvgIpc) is 2.99. The van der Waals surface area contributed by atoms with Crippen molar-refractivity contribution in [3.8, 4) is 0 Å². The maximum Gasteiger partial charge on any atom is 0.321 e. The number of benzene rings is 1. The fourth-order valence-corrected chi connectivity index (χ4v) is 4.43. The van der Waals surface area contributed by atoms with Crippen molar-refractivity contribution < 1.29 is 23.4 Å². The van der Waals surface area contributed by atoms with Crippen molar-refractivity contribution in [3.63, 3.8) is 0 Å². The van der Waals surface area contributed by atoms with Crippen LogP contribution in [0.15, 0.2) is 29.2 Å². The Labute approximate surface area is 175 Å². The summed E-state index contributed by atoms with van der Waals surface area (Å²) in [6.07, 6.45) is 2.65. The molecule has 1 aromatic carbocycles. The number of likely N-dealkylation sites (N-methyl/N-ethyl adjacent to an activating group) is 1. The largest absolute Gasteiger partial charge is 0.480 e. The Hall–Kier alpha value is -1.94.